The van der Waals surface area contributed by atoms with Crippen LogP contribution >= 0.6 is 0 Å². The number of ether oxygens (including phenoxy) is 1. The van der Waals surface area contributed by atoms with Crippen LogP contribution in [0.2, 0.25) is 0 Å². The number of methoxy groups -OCH3 is 1. The quantitative estimate of drug-likeness (QED) is 0.870. The molecule has 6 nitrogen and oxygen atoms in total. The second-order valence-corrected chi connectivity index (χ2v) is 6.57. The fourth-order valence-corrected chi connectivity index (χ4v) is 3.16. The molecule has 3 amide bonds. The molecule has 0 unspecified atom stereocenters. The van der Waals surface area contributed by atoms with Crippen LogP contribution in [-0.4, -0.2) is 37.0 Å². The molecule has 1 aromatic carbocycles. The van der Waals surface area contributed by atoms with Crippen molar-refractivity contribution in [3.05, 3.63) is 41.1 Å². The number of amides is 3. The number of hydrogen-bond donors (Lipinski definition) is 2. The van der Waals surface area contributed by atoms with Gasteiger partial charge in [-0.15, -0.1) is 0 Å². The van der Waals surface area contributed by atoms with Crippen LogP contribution in [0.1, 0.15) is 31.9 Å². The highest BCUT2D eigenvalue weighted by Crippen LogP contribution is 2.36. The van der Waals surface area contributed by atoms with Gasteiger partial charge in [-0.1, -0.05) is 32.0 Å². The number of para-hydroxylation sites is 1. The van der Waals surface area contributed by atoms with Crippen LogP contribution < -0.4 is 15.4 Å². The Kier molecular flexibility index (Phi) is 4.46. The number of rotatable bonds is 5. The molecule has 24 heavy (non-hydrogen) atoms. The van der Waals surface area contributed by atoms with Gasteiger partial charge in [0.25, 0.3) is 5.91 Å². The topological polar surface area (TPSA) is 70.7 Å². The van der Waals surface area contributed by atoms with Crippen LogP contribution in [0.5, 0.6) is 5.75 Å². The summed E-state index contributed by atoms with van der Waals surface area (Å²) in [6, 6.07) is 6.68. The SMILES string of the molecule is COc1ccccc1[C@@H]1NC(=O)NC2=C1C(=O)N(CCC(C)C)C2. The summed E-state index contributed by atoms with van der Waals surface area (Å²) in [7, 11) is 1.59. The molecule has 128 valence electrons. The first-order chi connectivity index (χ1) is 11.5. The molecule has 0 fully saturated rings. The minimum absolute atomic E-state index is 0.0194. The van der Waals surface area contributed by atoms with Gasteiger partial charge in [-0.2, -0.15) is 0 Å². The number of carbonyl (C=O) groups is 2. The minimum atomic E-state index is -0.485. The standard InChI is InChI=1S/C18H23N3O3/c1-11(2)8-9-21-10-13-15(17(21)22)16(20-18(23)19-13)12-6-4-5-7-14(12)24-3/h4-7,11,16H,8-10H2,1-3H3,(H2,19,20,23)/t16-/m0/s1. The Balaban J connectivity index is 1.92. The van der Waals surface area contributed by atoms with Crippen LogP contribution in [0.15, 0.2) is 35.5 Å². The van der Waals surface area contributed by atoms with E-state index in [2.05, 4.69) is 24.5 Å². The van der Waals surface area contributed by atoms with E-state index in [0.29, 0.717) is 36.0 Å². The Morgan fingerprint density at radius 1 is 1.29 bits per heavy atom. The Morgan fingerprint density at radius 2 is 2.04 bits per heavy atom. The Labute approximate surface area is 141 Å². The molecule has 2 aliphatic heterocycles. The summed E-state index contributed by atoms with van der Waals surface area (Å²) in [6.45, 7) is 5.42. The minimum Gasteiger partial charge on any atom is -0.496 e. The lowest BCUT2D eigenvalue weighted by Crippen LogP contribution is -2.44. The largest absolute Gasteiger partial charge is 0.496 e. The van der Waals surface area contributed by atoms with Gasteiger partial charge in [-0.3, -0.25) is 4.79 Å². The van der Waals surface area contributed by atoms with Gasteiger partial charge in [0, 0.05) is 12.1 Å². The van der Waals surface area contributed by atoms with Crippen molar-refractivity contribution in [2.75, 3.05) is 20.2 Å². The van der Waals surface area contributed by atoms with Crippen LogP contribution in [0.3, 0.4) is 0 Å². The maximum absolute atomic E-state index is 12.9. The van der Waals surface area contributed by atoms with E-state index in [9.17, 15) is 9.59 Å². The molecule has 6 heteroatoms. The molecule has 0 saturated carbocycles. The third-order valence-electron chi connectivity index (χ3n) is 4.45. The third kappa shape index (κ3) is 2.96. The maximum atomic E-state index is 12.9. The molecule has 0 radical (unpaired) electrons. The van der Waals surface area contributed by atoms with E-state index in [1.165, 1.54) is 0 Å². The predicted octanol–water partition coefficient (Wildman–Crippen LogP) is 2.19. The monoisotopic (exact) mass is 329 g/mol. The van der Waals surface area contributed by atoms with E-state index in [1.807, 2.05) is 24.3 Å². The first kappa shape index (κ1) is 16.4. The van der Waals surface area contributed by atoms with E-state index in [-0.39, 0.29) is 11.9 Å². The second kappa shape index (κ2) is 6.55. The summed E-state index contributed by atoms with van der Waals surface area (Å²) in [5, 5.41) is 5.65. The number of carbonyl (C=O) groups excluding carboxylic acids is 2. The van der Waals surface area contributed by atoms with E-state index >= 15 is 0 Å². The summed E-state index contributed by atoms with van der Waals surface area (Å²) in [5.74, 6) is 1.16. The maximum Gasteiger partial charge on any atom is 0.319 e. The molecule has 3 rings (SSSR count). The Bertz CT molecular complexity index is 697. The molecule has 0 saturated heterocycles. The van der Waals surface area contributed by atoms with E-state index < -0.39 is 6.04 Å². The molecule has 0 aromatic heterocycles. The second-order valence-electron chi connectivity index (χ2n) is 6.57. The molecule has 2 aliphatic rings. The molecule has 0 aliphatic carbocycles. The van der Waals surface area contributed by atoms with Crippen molar-refractivity contribution < 1.29 is 14.3 Å². The average molecular weight is 329 g/mol. The van der Waals surface area contributed by atoms with Gasteiger partial charge in [-0.25, -0.2) is 4.79 Å². The highest BCUT2D eigenvalue weighted by Gasteiger charge is 2.40. The van der Waals surface area contributed by atoms with E-state index in [1.54, 1.807) is 12.0 Å². The number of hydrogen-bond acceptors (Lipinski definition) is 3. The summed E-state index contributed by atoms with van der Waals surface area (Å²) >= 11 is 0. The molecule has 1 atom stereocenters. The van der Waals surface area contributed by atoms with Crippen LogP contribution in [0.4, 0.5) is 4.79 Å². The number of nitrogens with zero attached hydrogens (tertiary/aromatic N) is 1. The fourth-order valence-electron chi connectivity index (χ4n) is 3.16. The Morgan fingerprint density at radius 3 is 2.75 bits per heavy atom. The third-order valence-corrected chi connectivity index (χ3v) is 4.45. The van der Waals surface area contributed by atoms with E-state index in [0.717, 1.165) is 12.0 Å². The summed E-state index contributed by atoms with van der Waals surface area (Å²) < 4.78 is 5.40. The van der Waals surface area contributed by atoms with Gasteiger partial charge in [0.15, 0.2) is 0 Å². The van der Waals surface area contributed by atoms with E-state index in [4.69, 9.17) is 4.74 Å². The van der Waals surface area contributed by atoms with Crippen molar-refractivity contribution in [3.8, 4) is 5.75 Å². The lowest BCUT2D eigenvalue weighted by Gasteiger charge is -2.26. The highest BCUT2D eigenvalue weighted by molar-refractivity contribution is 6.01. The first-order valence-electron chi connectivity index (χ1n) is 8.24. The predicted molar refractivity (Wildman–Crippen MR) is 90.5 cm³/mol. The van der Waals surface area contributed by atoms with Gasteiger partial charge in [0.2, 0.25) is 0 Å². The number of benzene rings is 1. The lowest BCUT2D eigenvalue weighted by atomic mass is 9.95. The van der Waals surface area contributed by atoms with Crippen LogP contribution in [0.25, 0.3) is 0 Å². The lowest BCUT2D eigenvalue weighted by molar-refractivity contribution is -0.125. The zero-order chi connectivity index (χ0) is 17.3. The molecule has 2 heterocycles. The van der Waals surface area contributed by atoms with Gasteiger partial charge < -0.3 is 20.3 Å². The van der Waals surface area contributed by atoms with Gasteiger partial charge in [-0.05, 0) is 18.4 Å². The van der Waals surface area contributed by atoms with Crippen molar-refractivity contribution in [2.24, 2.45) is 5.92 Å². The van der Waals surface area contributed by atoms with Gasteiger partial charge in [0.05, 0.1) is 31.0 Å². The van der Waals surface area contributed by atoms with Gasteiger partial charge >= 0.3 is 6.03 Å². The number of nitrogens with one attached hydrogen (secondary N) is 2. The van der Waals surface area contributed by atoms with Crippen molar-refractivity contribution in [3.63, 3.8) is 0 Å². The van der Waals surface area contributed by atoms with Crippen molar-refractivity contribution in [1.82, 2.24) is 15.5 Å². The smallest absolute Gasteiger partial charge is 0.319 e. The Hall–Kier alpha value is -2.50. The normalized spacial score (nSPS) is 20.2. The summed E-state index contributed by atoms with van der Waals surface area (Å²) in [4.78, 5) is 26.7. The molecule has 2 N–H and O–H groups in total. The molecule has 0 bridgehead atoms. The molecular weight excluding hydrogens is 306 g/mol. The average Bonchev–Trinajstić information content (AvgIpc) is 2.88. The molecular formula is C18H23N3O3. The zero-order valence-electron chi connectivity index (χ0n) is 14.3. The van der Waals surface area contributed by atoms with Gasteiger partial charge in [0.1, 0.15) is 5.75 Å². The summed E-state index contributed by atoms with van der Waals surface area (Å²) in [5.41, 5.74) is 2.10. The zero-order valence-corrected chi connectivity index (χ0v) is 14.3. The number of urea groups is 1. The van der Waals surface area contributed by atoms with Crippen molar-refractivity contribution >= 4 is 11.9 Å². The highest BCUT2D eigenvalue weighted by atomic mass is 16.5. The fraction of sp³-hybridized carbons (Fsp3) is 0.444. The first-order valence-corrected chi connectivity index (χ1v) is 8.24. The molecule has 0 spiro atoms. The van der Waals surface area contributed by atoms with Crippen molar-refractivity contribution in [1.29, 1.82) is 0 Å². The van der Waals surface area contributed by atoms with Crippen molar-refractivity contribution in [2.45, 2.75) is 26.3 Å². The van der Waals surface area contributed by atoms with Crippen LogP contribution in [0, 0.1) is 5.92 Å². The van der Waals surface area contributed by atoms with Crippen LogP contribution in [-0.2, 0) is 4.79 Å². The summed E-state index contributed by atoms with van der Waals surface area (Å²) in [6.07, 6.45) is 0.937. The molecule has 1 aromatic rings.